The highest BCUT2D eigenvalue weighted by atomic mass is 19.4. The van der Waals surface area contributed by atoms with Crippen LogP contribution in [0.5, 0.6) is 5.75 Å². The van der Waals surface area contributed by atoms with Gasteiger partial charge in [-0.25, -0.2) is 0 Å². The molecule has 5 nitrogen and oxygen atoms in total. The summed E-state index contributed by atoms with van der Waals surface area (Å²) in [6.45, 7) is 5.63. The number of nitrogens with zero attached hydrogens (tertiary/aromatic N) is 1. The molecule has 2 aromatic carbocycles. The molecule has 0 heterocycles. The Morgan fingerprint density at radius 2 is 1.77 bits per heavy atom. The Labute approximate surface area is 179 Å². The Bertz CT molecular complexity index is 896. The van der Waals surface area contributed by atoms with Crippen LogP contribution in [-0.4, -0.2) is 31.1 Å². The van der Waals surface area contributed by atoms with Crippen molar-refractivity contribution in [3.05, 3.63) is 59.7 Å². The van der Waals surface area contributed by atoms with E-state index in [9.17, 15) is 22.8 Å². The lowest BCUT2D eigenvalue weighted by Crippen LogP contribution is -2.34. The van der Waals surface area contributed by atoms with Crippen LogP contribution in [0.1, 0.15) is 49.5 Å². The van der Waals surface area contributed by atoms with Gasteiger partial charge in [0.15, 0.2) is 0 Å². The van der Waals surface area contributed by atoms with Gasteiger partial charge >= 0.3 is 12.1 Å². The van der Waals surface area contributed by atoms with Crippen LogP contribution in [0.4, 0.5) is 18.9 Å². The summed E-state index contributed by atoms with van der Waals surface area (Å²) in [4.78, 5) is 26.1. The van der Waals surface area contributed by atoms with Crippen LogP contribution in [0.15, 0.2) is 48.5 Å². The van der Waals surface area contributed by atoms with Gasteiger partial charge in [0.2, 0.25) is 0 Å². The van der Waals surface area contributed by atoms with Gasteiger partial charge in [-0.3, -0.25) is 9.59 Å². The Balaban J connectivity index is 2.38. The van der Waals surface area contributed by atoms with Crippen molar-refractivity contribution < 1.29 is 32.2 Å². The molecule has 0 unspecified atom stereocenters. The molecule has 0 N–H and O–H groups in total. The first-order valence-corrected chi connectivity index (χ1v) is 10.0. The second kappa shape index (κ2) is 10.8. The fraction of sp³-hybridized carbons (Fsp3) is 0.391. The van der Waals surface area contributed by atoms with Gasteiger partial charge in [0.25, 0.3) is 5.91 Å². The first-order valence-electron chi connectivity index (χ1n) is 10.0. The molecule has 0 aliphatic heterocycles. The van der Waals surface area contributed by atoms with Crippen LogP contribution in [0.2, 0.25) is 0 Å². The Kier molecular flexibility index (Phi) is 8.47. The molecule has 1 amide bonds. The second-order valence-corrected chi connectivity index (χ2v) is 7.07. The highest BCUT2D eigenvalue weighted by Crippen LogP contribution is 2.33. The van der Waals surface area contributed by atoms with Crippen molar-refractivity contribution in [1.29, 1.82) is 0 Å². The fourth-order valence-corrected chi connectivity index (χ4v) is 3.02. The number of esters is 1. The summed E-state index contributed by atoms with van der Waals surface area (Å²) in [5, 5.41) is 0. The van der Waals surface area contributed by atoms with Crippen LogP contribution in [0, 0.1) is 0 Å². The lowest BCUT2D eigenvalue weighted by molar-refractivity contribution is -0.143. The summed E-state index contributed by atoms with van der Waals surface area (Å²) in [5.41, 5.74) is -1.09. The molecule has 0 atom stereocenters. The standard InChI is InChI=1S/C23H26F3NO4/c1-4-30-21(28)13-8-14-27(17-9-7-10-18(15-17)31-16(2)3)22(29)19-11-5-6-12-20(19)23(24,25)26/h5-7,9-12,15-16H,4,8,13-14H2,1-3H3. The number of carbonyl (C=O) groups excluding carboxylic acids is 2. The molecule has 0 aliphatic carbocycles. The van der Waals surface area contributed by atoms with Crippen molar-refractivity contribution in [3.63, 3.8) is 0 Å². The molecule has 8 heteroatoms. The maximum Gasteiger partial charge on any atom is 0.417 e. The Hall–Kier alpha value is -3.03. The Morgan fingerprint density at radius 1 is 1.06 bits per heavy atom. The Morgan fingerprint density at radius 3 is 2.42 bits per heavy atom. The van der Waals surface area contributed by atoms with Crippen molar-refractivity contribution in [2.24, 2.45) is 0 Å². The van der Waals surface area contributed by atoms with E-state index >= 15 is 0 Å². The minimum Gasteiger partial charge on any atom is -0.491 e. The molecule has 0 aromatic heterocycles. The SMILES string of the molecule is CCOC(=O)CCCN(C(=O)c1ccccc1C(F)(F)F)c1cccc(OC(C)C)c1. The predicted octanol–water partition coefficient (Wildman–Crippen LogP) is 5.48. The third kappa shape index (κ3) is 7.01. The van der Waals surface area contributed by atoms with Crippen LogP contribution in [0.3, 0.4) is 0 Å². The maximum atomic E-state index is 13.5. The highest BCUT2D eigenvalue weighted by molar-refractivity contribution is 6.07. The number of benzene rings is 2. The van der Waals surface area contributed by atoms with Gasteiger partial charge in [-0.15, -0.1) is 0 Å². The quantitative estimate of drug-likeness (QED) is 0.488. The molecule has 0 fully saturated rings. The number of anilines is 1. The molecular formula is C23H26F3NO4. The zero-order chi connectivity index (χ0) is 23.0. The van der Waals surface area contributed by atoms with E-state index in [0.29, 0.717) is 11.4 Å². The van der Waals surface area contributed by atoms with Crippen LogP contribution >= 0.6 is 0 Å². The zero-order valence-electron chi connectivity index (χ0n) is 17.7. The summed E-state index contributed by atoms with van der Waals surface area (Å²) in [6, 6.07) is 11.2. The molecule has 0 spiro atoms. The van der Waals surface area contributed by atoms with Crippen molar-refractivity contribution in [3.8, 4) is 5.75 Å². The van der Waals surface area contributed by atoms with Gasteiger partial charge in [-0.1, -0.05) is 18.2 Å². The monoisotopic (exact) mass is 437 g/mol. The number of amides is 1. The zero-order valence-corrected chi connectivity index (χ0v) is 17.7. The molecule has 0 aliphatic rings. The molecular weight excluding hydrogens is 411 g/mol. The summed E-state index contributed by atoms with van der Waals surface area (Å²) in [5.74, 6) is -0.749. The second-order valence-electron chi connectivity index (χ2n) is 7.07. The van der Waals surface area contributed by atoms with E-state index in [4.69, 9.17) is 9.47 Å². The van der Waals surface area contributed by atoms with E-state index in [-0.39, 0.29) is 32.1 Å². The number of hydrogen-bond donors (Lipinski definition) is 0. The number of ether oxygens (including phenoxy) is 2. The third-order valence-corrected chi connectivity index (χ3v) is 4.28. The fourth-order valence-electron chi connectivity index (χ4n) is 3.02. The van der Waals surface area contributed by atoms with Gasteiger partial charge < -0.3 is 14.4 Å². The number of carbonyl (C=O) groups is 2. The van der Waals surface area contributed by atoms with Crippen LogP contribution in [0.25, 0.3) is 0 Å². The van der Waals surface area contributed by atoms with Crippen molar-refractivity contribution in [2.75, 3.05) is 18.1 Å². The molecule has 0 saturated carbocycles. The molecule has 168 valence electrons. The lowest BCUT2D eigenvalue weighted by atomic mass is 10.0. The van der Waals surface area contributed by atoms with Gasteiger partial charge in [0.05, 0.1) is 23.8 Å². The molecule has 0 radical (unpaired) electrons. The molecule has 31 heavy (non-hydrogen) atoms. The molecule has 0 bridgehead atoms. The van der Waals surface area contributed by atoms with Crippen LogP contribution < -0.4 is 9.64 Å². The maximum absolute atomic E-state index is 13.5. The minimum atomic E-state index is -4.68. The summed E-state index contributed by atoms with van der Waals surface area (Å²) >= 11 is 0. The first-order chi connectivity index (χ1) is 14.6. The number of halogens is 3. The van der Waals surface area contributed by atoms with Gasteiger partial charge in [0.1, 0.15) is 5.75 Å². The summed E-state index contributed by atoms with van der Waals surface area (Å²) in [6.07, 6.45) is -4.52. The van der Waals surface area contributed by atoms with Crippen LogP contribution in [-0.2, 0) is 15.7 Å². The van der Waals surface area contributed by atoms with Gasteiger partial charge in [-0.05, 0) is 51.5 Å². The smallest absolute Gasteiger partial charge is 0.417 e. The van der Waals surface area contributed by atoms with E-state index in [1.165, 1.54) is 17.0 Å². The summed E-state index contributed by atoms with van der Waals surface area (Å²) < 4.78 is 51.0. The largest absolute Gasteiger partial charge is 0.491 e. The minimum absolute atomic E-state index is 0.0367. The summed E-state index contributed by atoms with van der Waals surface area (Å²) in [7, 11) is 0. The van der Waals surface area contributed by atoms with E-state index in [0.717, 1.165) is 12.1 Å². The number of rotatable bonds is 9. The average molecular weight is 437 g/mol. The third-order valence-electron chi connectivity index (χ3n) is 4.28. The first kappa shape index (κ1) is 24.2. The predicted molar refractivity (Wildman–Crippen MR) is 111 cm³/mol. The molecule has 2 aromatic rings. The molecule has 2 rings (SSSR count). The van der Waals surface area contributed by atoms with Crippen molar-refractivity contribution in [1.82, 2.24) is 0 Å². The van der Waals surface area contributed by atoms with Gasteiger partial charge in [0, 0.05) is 24.7 Å². The lowest BCUT2D eigenvalue weighted by Gasteiger charge is -2.25. The average Bonchev–Trinajstić information content (AvgIpc) is 2.70. The van der Waals surface area contributed by atoms with E-state index in [1.54, 1.807) is 31.2 Å². The highest BCUT2D eigenvalue weighted by Gasteiger charge is 2.36. The van der Waals surface area contributed by atoms with Crippen molar-refractivity contribution >= 4 is 17.6 Å². The van der Waals surface area contributed by atoms with E-state index < -0.39 is 29.2 Å². The van der Waals surface area contributed by atoms with E-state index in [1.807, 2.05) is 13.8 Å². The topological polar surface area (TPSA) is 55.8 Å². The number of hydrogen-bond acceptors (Lipinski definition) is 4. The normalized spacial score (nSPS) is 11.3. The van der Waals surface area contributed by atoms with E-state index in [2.05, 4.69) is 0 Å². The molecule has 0 saturated heterocycles. The number of alkyl halides is 3. The van der Waals surface area contributed by atoms with Crippen molar-refractivity contribution in [2.45, 2.75) is 45.9 Å². The van der Waals surface area contributed by atoms with Gasteiger partial charge in [-0.2, -0.15) is 13.2 Å².